The first-order valence-corrected chi connectivity index (χ1v) is 6.25. The largest absolute Gasteiger partial charge is 0.484 e. The molecule has 0 amide bonds. The van der Waals surface area contributed by atoms with Crippen molar-refractivity contribution in [2.45, 2.75) is 39.9 Å². The van der Waals surface area contributed by atoms with Crippen LogP contribution in [0, 0.1) is 13.8 Å². The minimum atomic E-state index is -0.838. The second-order valence-electron chi connectivity index (χ2n) is 5.12. The van der Waals surface area contributed by atoms with Gasteiger partial charge in [0.05, 0.1) is 11.3 Å². The van der Waals surface area contributed by atoms with Gasteiger partial charge in [0.2, 0.25) is 5.89 Å². The zero-order chi connectivity index (χ0) is 14.0. The molecule has 0 aliphatic carbocycles. The van der Waals surface area contributed by atoms with Crippen molar-refractivity contribution in [2.75, 3.05) is 0 Å². The van der Waals surface area contributed by atoms with Crippen LogP contribution in [0.5, 0.6) is 5.75 Å². The summed E-state index contributed by atoms with van der Waals surface area (Å²) < 4.78 is 11.0. The van der Waals surface area contributed by atoms with E-state index in [1.165, 1.54) is 0 Å². The molecule has 0 radical (unpaired) electrons. The highest BCUT2D eigenvalue weighted by molar-refractivity contribution is 5.30. The molecule has 0 unspecified atom stereocenters. The maximum absolute atomic E-state index is 9.86. The summed E-state index contributed by atoms with van der Waals surface area (Å²) in [6.07, 6.45) is 0. The van der Waals surface area contributed by atoms with Gasteiger partial charge in [-0.2, -0.15) is 0 Å². The smallest absolute Gasteiger partial charge is 0.232 e. The second kappa shape index (κ2) is 5.05. The zero-order valence-corrected chi connectivity index (χ0v) is 11.7. The first-order chi connectivity index (χ1) is 8.86. The van der Waals surface area contributed by atoms with Crippen LogP contribution in [0.2, 0.25) is 0 Å². The molecular formula is C15H19NO3. The minimum Gasteiger partial charge on any atom is -0.484 e. The molecule has 0 saturated carbocycles. The number of rotatable bonds is 4. The minimum absolute atomic E-state index is 0.302. The molecule has 0 spiro atoms. The number of hydrogen-bond donors (Lipinski definition) is 1. The standard InChI is InChI=1S/C15H19NO3/c1-10-11(2)19-14(16-10)9-18-13-7-5-12(6-8-13)15(3,4)17/h5-8,17H,9H2,1-4H3. The maximum atomic E-state index is 9.86. The summed E-state index contributed by atoms with van der Waals surface area (Å²) in [4.78, 5) is 4.25. The summed E-state index contributed by atoms with van der Waals surface area (Å²) in [5.41, 5.74) is 0.897. The molecule has 0 bridgehead atoms. The highest BCUT2D eigenvalue weighted by Gasteiger charge is 2.15. The van der Waals surface area contributed by atoms with E-state index in [0.29, 0.717) is 12.5 Å². The third-order valence-electron chi connectivity index (χ3n) is 3.00. The Balaban J connectivity index is 2.00. The van der Waals surface area contributed by atoms with Crippen molar-refractivity contribution in [3.8, 4) is 5.75 Å². The lowest BCUT2D eigenvalue weighted by Gasteiger charge is -2.17. The van der Waals surface area contributed by atoms with Crippen molar-refractivity contribution in [1.82, 2.24) is 4.98 Å². The first kappa shape index (κ1) is 13.6. The molecule has 19 heavy (non-hydrogen) atoms. The molecule has 0 fully saturated rings. The van der Waals surface area contributed by atoms with E-state index in [1.807, 2.05) is 38.1 Å². The lowest BCUT2D eigenvalue weighted by atomic mass is 9.99. The highest BCUT2D eigenvalue weighted by Crippen LogP contribution is 2.22. The Morgan fingerprint density at radius 3 is 2.32 bits per heavy atom. The quantitative estimate of drug-likeness (QED) is 0.918. The fraction of sp³-hybridized carbons (Fsp3) is 0.400. The molecule has 1 heterocycles. The van der Waals surface area contributed by atoms with Crippen LogP contribution >= 0.6 is 0 Å². The topological polar surface area (TPSA) is 55.5 Å². The van der Waals surface area contributed by atoms with Crippen LogP contribution in [0.3, 0.4) is 0 Å². The second-order valence-corrected chi connectivity index (χ2v) is 5.12. The van der Waals surface area contributed by atoms with Crippen LogP contribution in [0.25, 0.3) is 0 Å². The summed E-state index contributed by atoms with van der Waals surface area (Å²) >= 11 is 0. The van der Waals surface area contributed by atoms with Gasteiger partial charge in [-0.05, 0) is 45.4 Å². The van der Waals surface area contributed by atoms with Crippen molar-refractivity contribution in [1.29, 1.82) is 0 Å². The molecule has 0 aliphatic heterocycles. The van der Waals surface area contributed by atoms with E-state index in [0.717, 1.165) is 22.8 Å². The van der Waals surface area contributed by atoms with Gasteiger partial charge >= 0.3 is 0 Å². The molecule has 0 saturated heterocycles. The Morgan fingerprint density at radius 1 is 1.21 bits per heavy atom. The fourth-order valence-electron chi connectivity index (χ4n) is 1.71. The van der Waals surface area contributed by atoms with Crippen LogP contribution in [0.1, 0.15) is 36.8 Å². The van der Waals surface area contributed by atoms with E-state index >= 15 is 0 Å². The van der Waals surface area contributed by atoms with E-state index < -0.39 is 5.60 Å². The van der Waals surface area contributed by atoms with Gasteiger partial charge in [-0.15, -0.1) is 0 Å². The van der Waals surface area contributed by atoms with Crippen molar-refractivity contribution >= 4 is 0 Å². The molecule has 4 nitrogen and oxygen atoms in total. The lowest BCUT2D eigenvalue weighted by molar-refractivity contribution is 0.0785. The van der Waals surface area contributed by atoms with Gasteiger partial charge in [0.15, 0.2) is 6.61 Å². The maximum Gasteiger partial charge on any atom is 0.232 e. The number of aromatic nitrogens is 1. The van der Waals surface area contributed by atoms with Crippen LogP contribution in [0.15, 0.2) is 28.7 Å². The summed E-state index contributed by atoms with van der Waals surface area (Å²) in [7, 11) is 0. The van der Waals surface area contributed by atoms with Gasteiger partial charge in [-0.3, -0.25) is 0 Å². The van der Waals surface area contributed by atoms with Crippen LogP contribution in [-0.2, 0) is 12.2 Å². The predicted octanol–water partition coefficient (Wildman–Crippen LogP) is 3.10. The monoisotopic (exact) mass is 261 g/mol. The van der Waals surface area contributed by atoms with Gasteiger partial charge < -0.3 is 14.3 Å². The van der Waals surface area contributed by atoms with E-state index in [-0.39, 0.29) is 0 Å². The summed E-state index contributed by atoms with van der Waals surface area (Å²) in [6.45, 7) is 7.59. The molecule has 4 heteroatoms. The van der Waals surface area contributed by atoms with Gasteiger partial charge in [0, 0.05) is 0 Å². The van der Waals surface area contributed by atoms with E-state index in [2.05, 4.69) is 4.98 Å². The molecule has 102 valence electrons. The zero-order valence-electron chi connectivity index (χ0n) is 11.7. The van der Waals surface area contributed by atoms with Crippen molar-refractivity contribution in [2.24, 2.45) is 0 Å². The van der Waals surface area contributed by atoms with Crippen molar-refractivity contribution in [3.05, 3.63) is 47.2 Å². The number of aliphatic hydroxyl groups is 1. The fourth-order valence-corrected chi connectivity index (χ4v) is 1.71. The molecule has 2 aromatic rings. The molecule has 1 aromatic heterocycles. The normalized spacial score (nSPS) is 11.6. The molecule has 1 N–H and O–H groups in total. The number of hydrogen-bond acceptors (Lipinski definition) is 4. The number of ether oxygens (including phenoxy) is 1. The Kier molecular flexibility index (Phi) is 3.62. The predicted molar refractivity (Wildman–Crippen MR) is 72.0 cm³/mol. The number of aryl methyl sites for hydroxylation is 2. The summed E-state index contributed by atoms with van der Waals surface area (Å²) in [5.74, 6) is 2.11. The van der Waals surface area contributed by atoms with E-state index in [4.69, 9.17) is 9.15 Å². The number of benzene rings is 1. The average Bonchev–Trinajstić information content (AvgIpc) is 2.66. The van der Waals surface area contributed by atoms with Gasteiger partial charge in [-0.1, -0.05) is 12.1 Å². The highest BCUT2D eigenvalue weighted by atomic mass is 16.5. The third kappa shape index (κ3) is 3.35. The SMILES string of the molecule is Cc1nc(COc2ccc(C(C)(C)O)cc2)oc1C. The van der Waals surface area contributed by atoms with Crippen LogP contribution < -0.4 is 4.74 Å². The van der Waals surface area contributed by atoms with Crippen LogP contribution in [-0.4, -0.2) is 10.1 Å². The summed E-state index contributed by atoms with van der Waals surface area (Å²) in [6, 6.07) is 7.36. The lowest BCUT2D eigenvalue weighted by Crippen LogP contribution is -2.14. The number of oxazole rings is 1. The van der Waals surface area contributed by atoms with E-state index in [1.54, 1.807) is 13.8 Å². The molecule has 1 aromatic carbocycles. The van der Waals surface area contributed by atoms with E-state index in [9.17, 15) is 5.11 Å². The van der Waals surface area contributed by atoms with Crippen molar-refractivity contribution < 1.29 is 14.3 Å². The average molecular weight is 261 g/mol. The molecule has 0 atom stereocenters. The van der Waals surface area contributed by atoms with Crippen molar-refractivity contribution in [3.63, 3.8) is 0 Å². The summed E-state index contributed by atoms with van der Waals surface area (Å²) in [5, 5.41) is 9.86. The van der Waals surface area contributed by atoms with Crippen LogP contribution in [0.4, 0.5) is 0 Å². The molecule has 0 aliphatic rings. The first-order valence-electron chi connectivity index (χ1n) is 6.25. The Morgan fingerprint density at radius 2 is 1.84 bits per heavy atom. The molecule has 2 rings (SSSR count). The Bertz CT molecular complexity index is 530. The van der Waals surface area contributed by atoms with Gasteiger partial charge in [0.1, 0.15) is 11.5 Å². The van der Waals surface area contributed by atoms with Gasteiger partial charge in [0.25, 0.3) is 0 Å². The van der Waals surface area contributed by atoms with Gasteiger partial charge in [-0.25, -0.2) is 4.98 Å². The third-order valence-corrected chi connectivity index (χ3v) is 3.00. The number of nitrogens with zero attached hydrogens (tertiary/aromatic N) is 1. The molecular weight excluding hydrogens is 242 g/mol. The Labute approximate surface area is 113 Å². The Hall–Kier alpha value is -1.81.